The van der Waals surface area contributed by atoms with E-state index in [2.05, 4.69) is 10.2 Å². The van der Waals surface area contributed by atoms with Crippen molar-refractivity contribution in [3.63, 3.8) is 0 Å². The van der Waals surface area contributed by atoms with Crippen LogP contribution in [-0.4, -0.2) is 26.4 Å². The Hall–Kier alpha value is -2.28. The van der Waals surface area contributed by atoms with Crippen LogP contribution in [0.4, 0.5) is 0 Å². The second kappa shape index (κ2) is 5.84. The summed E-state index contributed by atoms with van der Waals surface area (Å²) in [6.45, 7) is 4.06. The van der Waals surface area contributed by atoms with Crippen molar-refractivity contribution in [1.29, 1.82) is 0 Å². The highest BCUT2D eigenvalue weighted by Gasteiger charge is 2.20. The number of para-hydroxylation sites is 1. The highest BCUT2D eigenvalue weighted by molar-refractivity contribution is 7.99. The Morgan fingerprint density at radius 1 is 1.36 bits per heavy atom. The van der Waals surface area contributed by atoms with Gasteiger partial charge in [-0.3, -0.25) is 9.36 Å². The predicted octanol–water partition coefficient (Wildman–Crippen LogP) is 2.85. The number of hydrogen-bond donors (Lipinski definition) is 1. The zero-order chi connectivity index (χ0) is 15.7. The molecule has 0 radical (unpaired) electrons. The fraction of sp³-hybridized carbons (Fsp3) is 0.267. The van der Waals surface area contributed by atoms with Crippen molar-refractivity contribution in [1.82, 2.24) is 14.8 Å². The molecule has 0 saturated heterocycles. The van der Waals surface area contributed by atoms with Crippen molar-refractivity contribution in [2.24, 2.45) is 5.73 Å². The standard InChI is InChI=1S/C15H16N4O2S/c1-9(2)19-14(17-18-15(19)22-8-13(16)20)12-7-10-5-3-4-6-11(10)21-12/h3-7,9H,8H2,1-2H3,(H2,16,20). The Morgan fingerprint density at radius 3 is 2.82 bits per heavy atom. The van der Waals surface area contributed by atoms with Crippen LogP contribution >= 0.6 is 11.8 Å². The fourth-order valence-electron chi connectivity index (χ4n) is 2.24. The monoisotopic (exact) mass is 316 g/mol. The highest BCUT2D eigenvalue weighted by atomic mass is 32.2. The number of nitrogens with zero attached hydrogens (tertiary/aromatic N) is 3. The largest absolute Gasteiger partial charge is 0.453 e. The number of carbonyl (C=O) groups is 1. The maximum absolute atomic E-state index is 11.0. The first-order valence-electron chi connectivity index (χ1n) is 6.91. The van der Waals surface area contributed by atoms with Crippen LogP contribution < -0.4 is 5.73 Å². The lowest BCUT2D eigenvalue weighted by Gasteiger charge is -2.11. The van der Waals surface area contributed by atoms with Gasteiger partial charge < -0.3 is 10.2 Å². The van der Waals surface area contributed by atoms with E-state index in [9.17, 15) is 4.79 Å². The molecule has 114 valence electrons. The van der Waals surface area contributed by atoms with Crippen LogP contribution in [0.3, 0.4) is 0 Å². The number of thioether (sulfide) groups is 1. The molecule has 0 aliphatic heterocycles. The zero-order valence-corrected chi connectivity index (χ0v) is 13.1. The average molecular weight is 316 g/mol. The minimum Gasteiger partial charge on any atom is -0.453 e. The maximum Gasteiger partial charge on any atom is 0.227 e. The molecule has 0 saturated carbocycles. The van der Waals surface area contributed by atoms with Gasteiger partial charge in [-0.1, -0.05) is 30.0 Å². The average Bonchev–Trinajstić information content (AvgIpc) is 3.08. The second-order valence-corrected chi connectivity index (χ2v) is 6.12. The molecule has 1 aromatic carbocycles. The highest BCUT2D eigenvalue weighted by Crippen LogP contribution is 2.31. The number of furan rings is 1. The summed E-state index contributed by atoms with van der Waals surface area (Å²) >= 11 is 1.28. The number of aromatic nitrogens is 3. The summed E-state index contributed by atoms with van der Waals surface area (Å²) in [5.41, 5.74) is 6.01. The van der Waals surface area contributed by atoms with E-state index in [1.165, 1.54) is 11.8 Å². The SMILES string of the molecule is CC(C)n1c(SCC(N)=O)nnc1-c1cc2ccccc2o1. The molecule has 6 nitrogen and oxygen atoms in total. The number of carbonyl (C=O) groups excluding carboxylic acids is 1. The summed E-state index contributed by atoms with van der Waals surface area (Å²) in [5.74, 6) is 1.10. The van der Waals surface area contributed by atoms with E-state index in [1.807, 2.05) is 48.7 Å². The van der Waals surface area contributed by atoms with E-state index in [0.717, 1.165) is 11.0 Å². The van der Waals surface area contributed by atoms with Gasteiger partial charge in [0.15, 0.2) is 10.9 Å². The summed E-state index contributed by atoms with van der Waals surface area (Å²) in [5, 5.41) is 10.1. The topological polar surface area (TPSA) is 86.9 Å². The molecule has 0 fully saturated rings. The molecule has 7 heteroatoms. The van der Waals surface area contributed by atoms with Crippen LogP contribution in [0.5, 0.6) is 0 Å². The van der Waals surface area contributed by atoms with Gasteiger partial charge in [0, 0.05) is 11.4 Å². The molecule has 0 atom stereocenters. The predicted molar refractivity (Wildman–Crippen MR) is 85.5 cm³/mol. The molecule has 0 aliphatic carbocycles. The van der Waals surface area contributed by atoms with Gasteiger partial charge in [-0.2, -0.15) is 0 Å². The van der Waals surface area contributed by atoms with E-state index in [4.69, 9.17) is 10.2 Å². The lowest BCUT2D eigenvalue weighted by molar-refractivity contribution is -0.115. The van der Waals surface area contributed by atoms with E-state index in [0.29, 0.717) is 16.7 Å². The molecule has 3 aromatic rings. The number of rotatable bonds is 5. The number of amides is 1. The van der Waals surface area contributed by atoms with Crippen molar-refractivity contribution < 1.29 is 9.21 Å². The first-order valence-corrected chi connectivity index (χ1v) is 7.90. The first-order chi connectivity index (χ1) is 10.6. The number of nitrogens with two attached hydrogens (primary N) is 1. The molecule has 0 unspecified atom stereocenters. The Balaban J connectivity index is 2.04. The number of hydrogen-bond acceptors (Lipinski definition) is 5. The molecule has 2 N–H and O–H groups in total. The third-order valence-electron chi connectivity index (χ3n) is 3.17. The number of benzene rings is 1. The Morgan fingerprint density at radius 2 is 2.14 bits per heavy atom. The molecule has 2 aromatic heterocycles. The van der Waals surface area contributed by atoms with Crippen LogP contribution in [0.2, 0.25) is 0 Å². The zero-order valence-electron chi connectivity index (χ0n) is 12.3. The molecular formula is C15H16N4O2S. The molecule has 22 heavy (non-hydrogen) atoms. The van der Waals surface area contributed by atoms with E-state index in [1.54, 1.807) is 0 Å². The van der Waals surface area contributed by atoms with Crippen LogP contribution in [0.15, 0.2) is 39.9 Å². The molecule has 3 rings (SSSR count). The Bertz CT molecular complexity index is 789. The van der Waals surface area contributed by atoms with Crippen LogP contribution in [-0.2, 0) is 4.79 Å². The van der Waals surface area contributed by atoms with E-state index in [-0.39, 0.29) is 17.7 Å². The van der Waals surface area contributed by atoms with Crippen molar-refractivity contribution in [2.45, 2.75) is 25.0 Å². The fourth-order valence-corrected chi connectivity index (χ4v) is 3.04. The van der Waals surface area contributed by atoms with Gasteiger partial charge in [-0.05, 0) is 26.0 Å². The summed E-state index contributed by atoms with van der Waals surface area (Å²) in [7, 11) is 0. The molecule has 0 bridgehead atoms. The lowest BCUT2D eigenvalue weighted by atomic mass is 10.2. The van der Waals surface area contributed by atoms with Gasteiger partial charge in [-0.25, -0.2) is 0 Å². The van der Waals surface area contributed by atoms with E-state index < -0.39 is 0 Å². The number of primary amides is 1. The number of fused-ring (bicyclic) bond motifs is 1. The summed E-state index contributed by atoms with van der Waals surface area (Å²) in [6, 6.07) is 9.87. The van der Waals surface area contributed by atoms with Gasteiger partial charge in [0.25, 0.3) is 0 Å². The van der Waals surface area contributed by atoms with Crippen LogP contribution in [0.1, 0.15) is 19.9 Å². The Labute approximate surface area is 131 Å². The smallest absolute Gasteiger partial charge is 0.227 e. The molecular weight excluding hydrogens is 300 g/mol. The summed E-state index contributed by atoms with van der Waals surface area (Å²) in [6.07, 6.45) is 0. The lowest BCUT2D eigenvalue weighted by Crippen LogP contribution is -2.14. The van der Waals surface area contributed by atoms with Crippen molar-refractivity contribution >= 4 is 28.6 Å². The molecule has 2 heterocycles. The first kappa shape index (κ1) is 14.6. The van der Waals surface area contributed by atoms with E-state index >= 15 is 0 Å². The molecule has 1 amide bonds. The van der Waals surface area contributed by atoms with Gasteiger partial charge in [0.1, 0.15) is 5.58 Å². The maximum atomic E-state index is 11.0. The van der Waals surface area contributed by atoms with Gasteiger partial charge in [-0.15, -0.1) is 10.2 Å². The van der Waals surface area contributed by atoms with Gasteiger partial charge in [0.2, 0.25) is 11.7 Å². The minimum atomic E-state index is -0.381. The van der Waals surface area contributed by atoms with Gasteiger partial charge in [0.05, 0.1) is 5.75 Å². The molecule has 0 aliphatic rings. The van der Waals surface area contributed by atoms with Crippen molar-refractivity contribution in [2.75, 3.05) is 5.75 Å². The normalized spacial score (nSPS) is 11.4. The molecule has 0 spiro atoms. The van der Waals surface area contributed by atoms with Crippen LogP contribution in [0.25, 0.3) is 22.6 Å². The van der Waals surface area contributed by atoms with Gasteiger partial charge >= 0.3 is 0 Å². The Kier molecular flexibility index (Phi) is 3.89. The van der Waals surface area contributed by atoms with Crippen molar-refractivity contribution in [3.8, 4) is 11.6 Å². The third kappa shape index (κ3) is 2.71. The van der Waals surface area contributed by atoms with Crippen LogP contribution in [0, 0.1) is 0 Å². The summed E-state index contributed by atoms with van der Waals surface area (Å²) < 4.78 is 7.81. The quantitative estimate of drug-likeness (QED) is 0.731. The third-order valence-corrected chi connectivity index (χ3v) is 4.14. The summed E-state index contributed by atoms with van der Waals surface area (Å²) in [4.78, 5) is 11.0. The van der Waals surface area contributed by atoms with Crippen molar-refractivity contribution in [3.05, 3.63) is 30.3 Å². The second-order valence-electron chi connectivity index (χ2n) is 5.17. The minimum absolute atomic E-state index is 0.133.